The van der Waals surface area contributed by atoms with E-state index < -0.39 is 0 Å². The third-order valence-corrected chi connectivity index (χ3v) is 1.89. The van der Waals surface area contributed by atoms with Gasteiger partial charge < -0.3 is 4.98 Å². The third kappa shape index (κ3) is 1.07. The monoisotopic (exact) mass is 161 g/mol. The van der Waals surface area contributed by atoms with Crippen molar-refractivity contribution in [3.8, 4) is 0 Å². The lowest BCUT2D eigenvalue weighted by atomic mass is 10.3. The van der Waals surface area contributed by atoms with E-state index in [2.05, 4.69) is 21.9 Å². The number of fused-ring (bicyclic) bond motifs is 1. The number of aromatic nitrogens is 3. The summed E-state index contributed by atoms with van der Waals surface area (Å²) in [6.07, 6.45) is 2.77. The molecule has 62 valence electrons. The normalized spacial score (nSPS) is 10.8. The molecule has 0 aliphatic rings. The van der Waals surface area contributed by atoms with E-state index in [0.717, 1.165) is 29.0 Å². The van der Waals surface area contributed by atoms with E-state index >= 15 is 0 Å². The topological polar surface area (TPSA) is 41.6 Å². The van der Waals surface area contributed by atoms with Crippen molar-refractivity contribution in [2.75, 3.05) is 0 Å². The lowest BCUT2D eigenvalue weighted by Crippen LogP contribution is -1.79. The number of imidazole rings is 1. The Hall–Kier alpha value is -1.38. The molecule has 2 heterocycles. The molecule has 0 bridgehead atoms. The Morgan fingerprint density at radius 2 is 2.33 bits per heavy atom. The lowest BCUT2D eigenvalue weighted by molar-refractivity contribution is 1.00. The Balaban J connectivity index is 2.67. The number of H-pyrrole nitrogens is 1. The average molecular weight is 161 g/mol. The van der Waals surface area contributed by atoms with Crippen LogP contribution in [0.2, 0.25) is 0 Å². The Labute approximate surface area is 70.9 Å². The summed E-state index contributed by atoms with van der Waals surface area (Å²) in [7, 11) is 0. The molecule has 0 unspecified atom stereocenters. The number of nitrogens with zero attached hydrogens (tertiary/aromatic N) is 2. The summed E-state index contributed by atoms with van der Waals surface area (Å²) in [4.78, 5) is 11.8. The second kappa shape index (κ2) is 2.59. The smallest absolute Gasteiger partial charge is 0.106 e. The standard InChI is InChI=1S/C9H11N3/c1-3-9-11-7-4-6(2)10-5-8(7)12-9/h4-5H,3H2,1-2H3,(H,11,12). The van der Waals surface area contributed by atoms with Gasteiger partial charge in [-0.25, -0.2) is 4.98 Å². The van der Waals surface area contributed by atoms with Crippen molar-refractivity contribution in [1.29, 1.82) is 0 Å². The zero-order valence-electron chi connectivity index (χ0n) is 7.26. The molecule has 3 heteroatoms. The molecule has 3 nitrogen and oxygen atoms in total. The van der Waals surface area contributed by atoms with Gasteiger partial charge in [-0.05, 0) is 13.0 Å². The number of pyridine rings is 1. The van der Waals surface area contributed by atoms with E-state index in [9.17, 15) is 0 Å². The largest absolute Gasteiger partial charge is 0.341 e. The molecule has 2 rings (SSSR count). The minimum absolute atomic E-state index is 0.938. The highest BCUT2D eigenvalue weighted by Crippen LogP contribution is 2.10. The fraction of sp³-hybridized carbons (Fsp3) is 0.333. The molecular weight excluding hydrogens is 150 g/mol. The minimum Gasteiger partial charge on any atom is -0.341 e. The van der Waals surface area contributed by atoms with Crippen LogP contribution in [0.25, 0.3) is 11.0 Å². The second-order valence-corrected chi connectivity index (χ2v) is 2.88. The lowest BCUT2D eigenvalue weighted by Gasteiger charge is -1.88. The van der Waals surface area contributed by atoms with Crippen LogP contribution in [-0.4, -0.2) is 15.0 Å². The molecule has 0 aliphatic heterocycles. The van der Waals surface area contributed by atoms with Gasteiger partial charge in [-0.15, -0.1) is 0 Å². The van der Waals surface area contributed by atoms with Crippen molar-refractivity contribution in [2.45, 2.75) is 20.3 Å². The Morgan fingerprint density at radius 1 is 1.50 bits per heavy atom. The first-order valence-corrected chi connectivity index (χ1v) is 4.11. The zero-order chi connectivity index (χ0) is 8.55. The molecule has 0 saturated heterocycles. The van der Waals surface area contributed by atoms with Crippen molar-refractivity contribution in [3.05, 3.63) is 23.8 Å². The first-order valence-electron chi connectivity index (χ1n) is 4.11. The molecule has 0 fully saturated rings. The Bertz CT molecular complexity index is 403. The van der Waals surface area contributed by atoms with Gasteiger partial charge in [0.05, 0.1) is 17.2 Å². The molecule has 12 heavy (non-hydrogen) atoms. The summed E-state index contributed by atoms with van der Waals surface area (Å²) < 4.78 is 0. The van der Waals surface area contributed by atoms with Gasteiger partial charge in [-0.3, -0.25) is 4.98 Å². The number of aryl methyl sites for hydroxylation is 2. The molecule has 0 amide bonds. The molecular formula is C9H11N3. The third-order valence-electron chi connectivity index (χ3n) is 1.89. The van der Waals surface area contributed by atoms with Crippen LogP contribution in [0.4, 0.5) is 0 Å². The van der Waals surface area contributed by atoms with Gasteiger partial charge in [0.25, 0.3) is 0 Å². The van der Waals surface area contributed by atoms with E-state index in [0.29, 0.717) is 0 Å². The first kappa shape index (κ1) is 7.28. The second-order valence-electron chi connectivity index (χ2n) is 2.88. The first-order chi connectivity index (χ1) is 5.79. The van der Waals surface area contributed by atoms with Gasteiger partial charge in [-0.1, -0.05) is 6.92 Å². The van der Waals surface area contributed by atoms with Crippen molar-refractivity contribution >= 4 is 11.0 Å². The maximum absolute atomic E-state index is 4.40. The fourth-order valence-electron chi connectivity index (χ4n) is 1.23. The van der Waals surface area contributed by atoms with Crippen molar-refractivity contribution in [1.82, 2.24) is 15.0 Å². The van der Waals surface area contributed by atoms with Gasteiger partial charge in [0.1, 0.15) is 5.82 Å². The zero-order valence-corrected chi connectivity index (χ0v) is 7.26. The molecule has 2 aromatic rings. The molecule has 0 spiro atoms. The SMILES string of the molecule is CCc1nc2cc(C)ncc2[nH]1. The van der Waals surface area contributed by atoms with E-state index in [-0.39, 0.29) is 0 Å². The van der Waals surface area contributed by atoms with Gasteiger partial charge >= 0.3 is 0 Å². The fourth-order valence-corrected chi connectivity index (χ4v) is 1.23. The van der Waals surface area contributed by atoms with Gasteiger partial charge in [0.2, 0.25) is 0 Å². The average Bonchev–Trinajstić information content (AvgIpc) is 2.46. The summed E-state index contributed by atoms with van der Waals surface area (Å²) in [6, 6.07) is 1.99. The van der Waals surface area contributed by atoms with E-state index in [1.54, 1.807) is 0 Å². The molecule has 2 aromatic heterocycles. The van der Waals surface area contributed by atoms with Crippen LogP contribution in [0, 0.1) is 6.92 Å². The molecule has 0 aromatic carbocycles. The minimum atomic E-state index is 0.938. The van der Waals surface area contributed by atoms with Crippen LogP contribution in [-0.2, 0) is 6.42 Å². The number of hydrogen-bond acceptors (Lipinski definition) is 2. The van der Waals surface area contributed by atoms with Gasteiger partial charge in [-0.2, -0.15) is 0 Å². The van der Waals surface area contributed by atoms with E-state index in [4.69, 9.17) is 0 Å². The van der Waals surface area contributed by atoms with Gasteiger partial charge in [0.15, 0.2) is 0 Å². The number of nitrogens with one attached hydrogen (secondary N) is 1. The summed E-state index contributed by atoms with van der Waals surface area (Å²) in [5, 5.41) is 0. The number of rotatable bonds is 1. The summed E-state index contributed by atoms with van der Waals surface area (Å²) >= 11 is 0. The Morgan fingerprint density at radius 3 is 3.08 bits per heavy atom. The van der Waals surface area contributed by atoms with Crippen LogP contribution in [0.5, 0.6) is 0 Å². The quantitative estimate of drug-likeness (QED) is 0.693. The predicted octanol–water partition coefficient (Wildman–Crippen LogP) is 1.83. The number of aromatic amines is 1. The predicted molar refractivity (Wildman–Crippen MR) is 48.0 cm³/mol. The molecule has 1 N–H and O–H groups in total. The summed E-state index contributed by atoms with van der Waals surface area (Å²) in [5.74, 6) is 1.03. The van der Waals surface area contributed by atoms with Crippen molar-refractivity contribution in [2.24, 2.45) is 0 Å². The van der Waals surface area contributed by atoms with Crippen LogP contribution in [0.15, 0.2) is 12.3 Å². The van der Waals surface area contributed by atoms with Crippen LogP contribution in [0.1, 0.15) is 18.4 Å². The van der Waals surface area contributed by atoms with Crippen LogP contribution >= 0.6 is 0 Å². The highest BCUT2D eigenvalue weighted by molar-refractivity contribution is 5.74. The molecule has 0 radical (unpaired) electrons. The van der Waals surface area contributed by atoms with Crippen molar-refractivity contribution in [3.63, 3.8) is 0 Å². The highest BCUT2D eigenvalue weighted by Gasteiger charge is 2.00. The van der Waals surface area contributed by atoms with Gasteiger partial charge in [0, 0.05) is 12.1 Å². The highest BCUT2D eigenvalue weighted by atomic mass is 14.9. The summed E-state index contributed by atoms with van der Waals surface area (Å²) in [6.45, 7) is 4.05. The Kier molecular flexibility index (Phi) is 1.57. The van der Waals surface area contributed by atoms with E-state index in [1.165, 1.54) is 0 Å². The maximum atomic E-state index is 4.40. The molecule has 0 saturated carbocycles. The van der Waals surface area contributed by atoms with Crippen LogP contribution in [0.3, 0.4) is 0 Å². The van der Waals surface area contributed by atoms with Crippen molar-refractivity contribution < 1.29 is 0 Å². The molecule has 0 atom stereocenters. The maximum Gasteiger partial charge on any atom is 0.106 e. The summed E-state index contributed by atoms with van der Waals surface area (Å²) in [5.41, 5.74) is 3.05. The molecule has 0 aliphatic carbocycles. The van der Waals surface area contributed by atoms with E-state index in [1.807, 2.05) is 19.2 Å². The number of hydrogen-bond donors (Lipinski definition) is 1. The van der Waals surface area contributed by atoms with Crippen LogP contribution < -0.4 is 0 Å².